The summed E-state index contributed by atoms with van der Waals surface area (Å²) >= 11 is 1.46. The van der Waals surface area contributed by atoms with E-state index >= 15 is 0 Å². The molecule has 1 heterocycles. The number of sulfonamides is 1. The Hall–Kier alpha value is -1.67. The molecule has 2 rings (SSSR count). The average molecular weight is 326 g/mol. The second-order valence-electron chi connectivity index (χ2n) is 4.64. The molecule has 0 fully saturated rings. The largest absolute Gasteiger partial charge is 0.399 e. The predicted molar refractivity (Wildman–Crippen MR) is 86.9 cm³/mol. The fraction of sp³-hybridized carbons (Fsp3) is 0.308. The standard InChI is InChI=1S/C13H18N4O2S2/c1-10-8-13(17(2)15-10)16-21(18,19)7-6-20-12-5-3-4-11(14)9-12/h3-5,8-9,16H,6-7,14H2,1-2H3. The maximum atomic E-state index is 12.0. The number of nitrogen functional groups attached to an aromatic ring is 1. The second-order valence-corrected chi connectivity index (χ2v) is 7.65. The lowest BCUT2D eigenvalue weighted by molar-refractivity contribution is 0.601. The lowest BCUT2D eigenvalue weighted by Gasteiger charge is -2.08. The topological polar surface area (TPSA) is 90.0 Å². The molecule has 0 unspecified atom stereocenters. The lowest BCUT2D eigenvalue weighted by atomic mass is 10.3. The highest BCUT2D eigenvalue weighted by Gasteiger charge is 2.13. The third kappa shape index (κ3) is 4.68. The predicted octanol–water partition coefficient (Wildman–Crippen LogP) is 1.84. The molecule has 8 heteroatoms. The monoisotopic (exact) mass is 326 g/mol. The van der Waals surface area contributed by atoms with Gasteiger partial charge in [0.25, 0.3) is 0 Å². The van der Waals surface area contributed by atoms with Gasteiger partial charge in [-0.2, -0.15) is 5.10 Å². The Bertz CT molecular complexity index is 726. The van der Waals surface area contributed by atoms with Crippen LogP contribution >= 0.6 is 11.8 Å². The summed E-state index contributed by atoms with van der Waals surface area (Å²) in [5.74, 6) is 0.952. The molecule has 21 heavy (non-hydrogen) atoms. The highest BCUT2D eigenvalue weighted by molar-refractivity contribution is 8.01. The first-order valence-corrected chi connectivity index (χ1v) is 8.99. The van der Waals surface area contributed by atoms with Crippen molar-refractivity contribution in [1.29, 1.82) is 0 Å². The molecule has 0 aliphatic carbocycles. The highest BCUT2D eigenvalue weighted by atomic mass is 32.2. The fourth-order valence-electron chi connectivity index (χ4n) is 1.79. The molecule has 0 atom stereocenters. The summed E-state index contributed by atoms with van der Waals surface area (Å²) in [6.07, 6.45) is 0. The van der Waals surface area contributed by atoms with E-state index in [1.54, 1.807) is 19.2 Å². The first-order valence-electron chi connectivity index (χ1n) is 6.35. The van der Waals surface area contributed by atoms with Crippen molar-refractivity contribution in [2.75, 3.05) is 22.0 Å². The van der Waals surface area contributed by atoms with Crippen LogP contribution in [-0.2, 0) is 17.1 Å². The number of thioether (sulfide) groups is 1. The summed E-state index contributed by atoms with van der Waals surface area (Å²) in [6, 6.07) is 9.08. The number of nitrogens with two attached hydrogens (primary N) is 1. The van der Waals surface area contributed by atoms with Crippen molar-refractivity contribution in [3.8, 4) is 0 Å². The van der Waals surface area contributed by atoms with Crippen molar-refractivity contribution in [3.05, 3.63) is 36.0 Å². The van der Waals surface area contributed by atoms with Crippen molar-refractivity contribution in [3.63, 3.8) is 0 Å². The zero-order chi connectivity index (χ0) is 15.5. The van der Waals surface area contributed by atoms with Crippen molar-refractivity contribution in [2.24, 2.45) is 7.05 Å². The Morgan fingerprint density at radius 2 is 2.14 bits per heavy atom. The normalized spacial score (nSPS) is 11.5. The van der Waals surface area contributed by atoms with Gasteiger partial charge in [0.2, 0.25) is 10.0 Å². The number of anilines is 2. The minimum Gasteiger partial charge on any atom is -0.399 e. The molecule has 0 saturated heterocycles. The van der Waals surface area contributed by atoms with Crippen molar-refractivity contribution < 1.29 is 8.42 Å². The third-order valence-corrected chi connectivity index (χ3v) is 5.26. The van der Waals surface area contributed by atoms with E-state index in [4.69, 9.17) is 5.73 Å². The van der Waals surface area contributed by atoms with Crippen LogP contribution in [0, 0.1) is 6.92 Å². The smallest absolute Gasteiger partial charge is 0.234 e. The number of nitrogens with zero attached hydrogens (tertiary/aromatic N) is 2. The van der Waals surface area contributed by atoms with Gasteiger partial charge in [0.1, 0.15) is 5.82 Å². The van der Waals surface area contributed by atoms with Gasteiger partial charge in [0.15, 0.2) is 0 Å². The number of hydrogen-bond donors (Lipinski definition) is 2. The number of rotatable bonds is 6. The molecule has 114 valence electrons. The van der Waals surface area contributed by atoms with E-state index < -0.39 is 10.0 Å². The summed E-state index contributed by atoms with van der Waals surface area (Å²) in [5, 5.41) is 4.10. The van der Waals surface area contributed by atoms with Crippen LogP contribution in [0.15, 0.2) is 35.2 Å². The Morgan fingerprint density at radius 1 is 1.38 bits per heavy atom. The molecular weight excluding hydrogens is 308 g/mol. The van der Waals surface area contributed by atoms with Gasteiger partial charge in [0, 0.05) is 29.4 Å². The molecule has 0 saturated carbocycles. The van der Waals surface area contributed by atoms with Crippen LogP contribution < -0.4 is 10.5 Å². The Balaban J connectivity index is 1.91. The highest BCUT2D eigenvalue weighted by Crippen LogP contribution is 2.20. The van der Waals surface area contributed by atoms with Crippen LogP contribution in [0.4, 0.5) is 11.5 Å². The van der Waals surface area contributed by atoms with Crippen molar-refractivity contribution >= 4 is 33.3 Å². The molecular formula is C13H18N4O2S2. The van der Waals surface area contributed by atoms with E-state index in [1.807, 2.05) is 25.1 Å². The van der Waals surface area contributed by atoms with Crippen molar-refractivity contribution in [1.82, 2.24) is 9.78 Å². The average Bonchev–Trinajstić information content (AvgIpc) is 2.66. The summed E-state index contributed by atoms with van der Waals surface area (Å²) < 4.78 is 28.1. The number of aryl methyl sites for hydroxylation is 2. The van der Waals surface area contributed by atoms with E-state index in [-0.39, 0.29) is 5.75 Å². The Kier molecular flexibility index (Phi) is 4.79. The molecule has 0 amide bonds. The van der Waals surface area contributed by atoms with E-state index in [9.17, 15) is 8.42 Å². The molecule has 3 N–H and O–H groups in total. The third-order valence-electron chi connectivity index (χ3n) is 2.74. The molecule has 6 nitrogen and oxygen atoms in total. The van der Waals surface area contributed by atoms with Crippen molar-refractivity contribution in [2.45, 2.75) is 11.8 Å². The first-order chi connectivity index (χ1) is 9.85. The van der Waals surface area contributed by atoms with Crippen LogP contribution in [0.25, 0.3) is 0 Å². The molecule has 0 spiro atoms. The van der Waals surface area contributed by atoms with Gasteiger partial charge in [-0.25, -0.2) is 8.42 Å². The second kappa shape index (κ2) is 6.40. The molecule has 0 bridgehead atoms. The maximum absolute atomic E-state index is 12.0. The van der Waals surface area contributed by atoms with Gasteiger partial charge >= 0.3 is 0 Å². The zero-order valence-corrected chi connectivity index (χ0v) is 13.5. The minimum absolute atomic E-state index is 0.0245. The van der Waals surface area contributed by atoms with Gasteiger partial charge in [0.05, 0.1) is 11.4 Å². The number of benzene rings is 1. The van der Waals surface area contributed by atoms with Crippen LogP contribution in [0.3, 0.4) is 0 Å². The van der Waals surface area contributed by atoms with E-state index in [0.717, 1.165) is 10.6 Å². The van der Waals surface area contributed by atoms with Gasteiger partial charge in [-0.3, -0.25) is 9.40 Å². The lowest BCUT2D eigenvalue weighted by Crippen LogP contribution is -2.19. The number of hydrogen-bond acceptors (Lipinski definition) is 5. The van der Waals surface area contributed by atoms with Gasteiger partial charge in [-0.15, -0.1) is 11.8 Å². The molecule has 0 aliphatic rings. The summed E-state index contributed by atoms with van der Waals surface area (Å²) in [4.78, 5) is 0.960. The van der Waals surface area contributed by atoms with Gasteiger partial charge < -0.3 is 5.73 Å². The van der Waals surface area contributed by atoms with E-state index in [1.165, 1.54) is 16.4 Å². The quantitative estimate of drug-likeness (QED) is 0.624. The van der Waals surface area contributed by atoms with E-state index in [0.29, 0.717) is 17.3 Å². The van der Waals surface area contributed by atoms with Crippen LogP contribution in [0.2, 0.25) is 0 Å². The maximum Gasteiger partial charge on any atom is 0.234 e. The molecule has 1 aromatic carbocycles. The van der Waals surface area contributed by atoms with Gasteiger partial charge in [-0.05, 0) is 25.1 Å². The minimum atomic E-state index is -3.39. The Morgan fingerprint density at radius 3 is 2.76 bits per heavy atom. The van der Waals surface area contributed by atoms with E-state index in [2.05, 4.69) is 9.82 Å². The van der Waals surface area contributed by atoms with Gasteiger partial charge in [-0.1, -0.05) is 6.07 Å². The first kappa shape index (κ1) is 15.7. The number of aromatic nitrogens is 2. The number of nitrogens with one attached hydrogen (secondary N) is 1. The summed E-state index contributed by atoms with van der Waals surface area (Å²) in [6.45, 7) is 1.81. The van der Waals surface area contributed by atoms with Crippen LogP contribution in [-0.4, -0.2) is 29.7 Å². The molecule has 0 radical (unpaired) electrons. The summed E-state index contributed by atoms with van der Waals surface area (Å²) in [7, 11) is -1.69. The van der Waals surface area contributed by atoms with Crippen LogP contribution in [0.5, 0.6) is 0 Å². The molecule has 2 aromatic rings. The fourth-order valence-corrected chi connectivity index (χ4v) is 4.24. The molecule has 1 aromatic heterocycles. The SMILES string of the molecule is Cc1cc(NS(=O)(=O)CCSc2cccc(N)c2)n(C)n1. The van der Waals surface area contributed by atoms with Crippen LogP contribution in [0.1, 0.15) is 5.69 Å². The molecule has 0 aliphatic heterocycles. The Labute approximate surface area is 128 Å². The zero-order valence-electron chi connectivity index (χ0n) is 11.9. The summed E-state index contributed by atoms with van der Waals surface area (Å²) in [5.41, 5.74) is 7.12.